The molecule has 0 saturated heterocycles. The van der Waals surface area contributed by atoms with E-state index in [2.05, 4.69) is 0 Å². The van der Waals surface area contributed by atoms with Gasteiger partial charge in [-0.2, -0.15) is 0 Å². The Bertz CT molecular complexity index is 321. The lowest BCUT2D eigenvalue weighted by Crippen LogP contribution is -2.45. The van der Waals surface area contributed by atoms with Crippen LogP contribution in [-0.2, 0) is 22.9 Å². The number of carbonyl (C=O) groups is 2. The van der Waals surface area contributed by atoms with E-state index in [4.69, 9.17) is 23.5 Å². The van der Waals surface area contributed by atoms with E-state index in [1.54, 1.807) is 0 Å². The summed E-state index contributed by atoms with van der Waals surface area (Å²) in [5, 5.41) is 17.8. The van der Waals surface area contributed by atoms with Crippen molar-refractivity contribution in [3.63, 3.8) is 0 Å². The second-order valence-electron chi connectivity index (χ2n) is 4.86. The highest BCUT2D eigenvalue weighted by Crippen LogP contribution is 2.21. The van der Waals surface area contributed by atoms with Gasteiger partial charge in [-0.25, -0.2) is 0 Å². The number of rotatable bonds is 14. The molecule has 0 rings (SSSR count). The maximum absolute atomic E-state index is 11.0. The van der Waals surface area contributed by atoms with Gasteiger partial charge in [0, 0.05) is 35.4 Å². The van der Waals surface area contributed by atoms with Crippen LogP contribution in [0.4, 0.5) is 0 Å². The van der Waals surface area contributed by atoms with Gasteiger partial charge in [-0.3, -0.25) is 9.59 Å². The zero-order valence-electron chi connectivity index (χ0n) is 13.7. The monoisotopic (exact) mass is 352 g/mol. The summed E-state index contributed by atoms with van der Waals surface area (Å²) in [6.45, 7) is 7.22. The highest BCUT2D eigenvalue weighted by molar-refractivity contribution is 6.60. The van der Waals surface area contributed by atoms with E-state index in [0.717, 1.165) is 12.5 Å². The van der Waals surface area contributed by atoms with Crippen molar-refractivity contribution in [1.29, 1.82) is 0 Å². The van der Waals surface area contributed by atoms with Crippen LogP contribution in [0.2, 0.25) is 17.6 Å². The molecule has 2 N–H and O–H groups in total. The van der Waals surface area contributed by atoms with Crippen LogP contribution in [0.1, 0.15) is 33.6 Å². The highest BCUT2D eigenvalue weighted by Gasteiger charge is 2.39. The van der Waals surface area contributed by atoms with Crippen molar-refractivity contribution in [1.82, 2.24) is 0 Å². The SMILES string of the molecule is CCO[Si](CCC[SiH2]C(CC(=O)O)C(=O)O)(OCC)OCC. The zero-order valence-corrected chi connectivity index (χ0v) is 16.1. The maximum Gasteiger partial charge on any atom is 0.500 e. The Morgan fingerprint density at radius 3 is 1.91 bits per heavy atom. The van der Waals surface area contributed by atoms with Gasteiger partial charge in [-0.05, 0) is 20.8 Å². The molecule has 0 saturated carbocycles. The number of aliphatic carboxylic acids is 2. The first-order chi connectivity index (χ1) is 10.4. The lowest BCUT2D eigenvalue weighted by molar-refractivity contribution is -0.143. The minimum atomic E-state index is -2.67. The molecule has 0 aromatic carbocycles. The molecule has 1 atom stereocenters. The summed E-state index contributed by atoms with van der Waals surface area (Å²) in [7, 11) is -3.67. The van der Waals surface area contributed by atoms with Gasteiger partial charge in [0.05, 0.1) is 12.0 Å². The summed E-state index contributed by atoms with van der Waals surface area (Å²) >= 11 is 0. The molecule has 7 nitrogen and oxygen atoms in total. The Hall–Kier alpha value is -0.746. The molecule has 22 heavy (non-hydrogen) atoms. The summed E-state index contributed by atoms with van der Waals surface area (Å²) in [4.78, 5) is 21.7. The van der Waals surface area contributed by atoms with Crippen molar-refractivity contribution < 1.29 is 33.1 Å². The van der Waals surface area contributed by atoms with E-state index in [1.165, 1.54) is 0 Å². The molecule has 0 fully saturated rings. The van der Waals surface area contributed by atoms with Crippen LogP contribution in [0, 0.1) is 0 Å². The van der Waals surface area contributed by atoms with Crippen molar-refractivity contribution in [2.45, 2.75) is 51.2 Å². The normalized spacial score (nSPS) is 13.6. The number of hydrogen-bond acceptors (Lipinski definition) is 5. The van der Waals surface area contributed by atoms with E-state index in [1.807, 2.05) is 20.8 Å². The fourth-order valence-electron chi connectivity index (χ4n) is 2.26. The molecule has 0 heterocycles. The topological polar surface area (TPSA) is 102 Å². The predicted octanol–water partition coefficient (Wildman–Crippen LogP) is 1.36. The zero-order chi connectivity index (χ0) is 17.0. The highest BCUT2D eigenvalue weighted by atomic mass is 28.4. The molecule has 0 aliphatic rings. The molecule has 0 spiro atoms. The second-order valence-corrected chi connectivity index (χ2v) is 9.86. The predicted molar refractivity (Wildman–Crippen MR) is 87.0 cm³/mol. The minimum Gasteiger partial charge on any atom is -0.481 e. The third kappa shape index (κ3) is 8.64. The molecular weight excluding hydrogens is 324 g/mol. The average molecular weight is 353 g/mol. The van der Waals surface area contributed by atoms with Crippen LogP contribution in [0.15, 0.2) is 0 Å². The van der Waals surface area contributed by atoms with Crippen molar-refractivity contribution >= 4 is 30.3 Å². The van der Waals surface area contributed by atoms with Gasteiger partial charge in [0.25, 0.3) is 0 Å². The van der Waals surface area contributed by atoms with Crippen LogP contribution in [0.25, 0.3) is 0 Å². The lowest BCUT2D eigenvalue weighted by Gasteiger charge is -2.28. The van der Waals surface area contributed by atoms with Crippen molar-refractivity contribution in [3.8, 4) is 0 Å². The first-order valence-electron chi connectivity index (χ1n) is 7.77. The fraction of sp³-hybridized carbons (Fsp3) is 0.846. The molecule has 130 valence electrons. The average Bonchev–Trinajstić information content (AvgIpc) is 2.42. The van der Waals surface area contributed by atoms with Crippen LogP contribution in [0.3, 0.4) is 0 Å². The van der Waals surface area contributed by atoms with Gasteiger partial charge in [-0.15, -0.1) is 0 Å². The van der Waals surface area contributed by atoms with E-state index in [9.17, 15) is 9.59 Å². The molecule has 0 aliphatic carbocycles. The first-order valence-corrected chi connectivity index (χ1v) is 11.5. The van der Waals surface area contributed by atoms with Crippen molar-refractivity contribution in [3.05, 3.63) is 0 Å². The van der Waals surface area contributed by atoms with E-state index in [0.29, 0.717) is 25.9 Å². The second kappa shape index (κ2) is 11.8. The van der Waals surface area contributed by atoms with Gasteiger partial charge in [0.15, 0.2) is 0 Å². The van der Waals surface area contributed by atoms with Gasteiger partial charge in [0.2, 0.25) is 0 Å². The Morgan fingerprint density at radius 2 is 1.55 bits per heavy atom. The molecule has 9 heteroatoms. The first kappa shape index (κ1) is 21.3. The number of carboxylic acid groups (broad SMARTS) is 2. The van der Waals surface area contributed by atoms with Gasteiger partial charge >= 0.3 is 20.7 Å². The summed E-state index contributed by atoms with van der Waals surface area (Å²) in [5.41, 5.74) is -0.708. The maximum atomic E-state index is 11.0. The molecule has 0 amide bonds. The third-order valence-corrected chi connectivity index (χ3v) is 8.54. The Morgan fingerprint density at radius 1 is 1.05 bits per heavy atom. The van der Waals surface area contributed by atoms with Crippen LogP contribution in [0.5, 0.6) is 0 Å². The minimum absolute atomic E-state index is 0.285. The quantitative estimate of drug-likeness (QED) is 0.359. The van der Waals surface area contributed by atoms with Crippen LogP contribution >= 0.6 is 0 Å². The smallest absolute Gasteiger partial charge is 0.481 e. The third-order valence-electron chi connectivity index (χ3n) is 3.15. The van der Waals surface area contributed by atoms with Gasteiger partial charge < -0.3 is 23.5 Å². The van der Waals surface area contributed by atoms with Crippen LogP contribution < -0.4 is 0 Å². The van der Waals surface area contributed by atoms with Crippen LogP contribution in [-0.4, -0.2) is 60.3 Å². The number of hydrogen-bond donors (Lipinski definition) is 2. The molecule has 0 aromatic heterocycles. The Balaban J connectivity index is 4.40. The molecule has 0 aromatic rings. The molecule has 1 unspecified atom stereocenters. The Kier molecular flexibility index (Phi) is 11.4. The van der Waals surface area contributed by atoms with Crippen molar-refractivity contribution in [2.75, 3.05) is 19.8 Å². The summed E-state index contributed by atoms with van der Waals surface area (Å²) in [5.74, 6) is -2.06. The fourth-order valence-corrected chi connectivity index (χ4v) is 7.17. The molecular formula is C13H28O7Si2. The summed E-state index contributed by atoms with van der Waals surface area (Å²) in [6.07, 6.45) is 0.467. The summed E-state index contributed by atoms with van der Waals surface area (Å²) in [6, 6.07) is 1.39. The summed E-state index contributed by atoms with van der Waals surface area (Å²) < 4.78 is 17.2. The van der Waals surface area contributed by atoms with Gasteiger partial charge in [0.1, 0.15) is 0 Å². The largest absolute Gasteiger partial charge is 0.500 e. The molecule has 0 aliphatic heterocycles. The van der Waals surface area contributed by atoms with E-state index >= 15 is 0 Å². The molecule has 0 bridgehead atoms. The molecule has 0 radical (unpaired) electrons. The Labute approximate surface area is 135 Å². The standard InChI is InChI=1S/C13H28O7Si2/c1-4-18-22(19-5-2,20-6-3)9-7-8-21-11(13(16)17)10-12(14)15/h11H,4-10,21H2,1-3H3,(H,14,15)(H,16,17). The van der Waals surface area contributed by atoms with E-state index < -0.39 is 35.8 Å². The lowest BCUT2D eigenvalue weighted by atomic mass is 10.3. The van der Waals surface area contributed by atoms with E-state index in [-0.39, 0.29) is 6.42 Å². The van der Waals surface area contributed by atoms with Gasteiger partial charge in [-0.1, -0.05) is 12.5 Å². The number of carboxylic acids is 2. The van der Waals surface area contributed by atoms with Crippen molar-refractivity contribution in [2.24, 2.45) is 0 Å².